The van der Waals surface area contributed by atoms with Crippen molar-refractivity contribution in [3.63, 3.8) is 0 Å². The van der Waals surface area contributed by atoms with E-state index in [-0.39, 0.29) is 11.9 Å². The number of nitrogens with zero attached hydrogens (tertiary/aromatic N) is 1. The standard InChI is InChI=1S/C16H14BrFN2/c1-10-3-5-13(8-15(10)18)11(2)20-16-6-4-12(9-19)7-14(16)17/h3-8,11,20H,1-2H3. The smallest absolute Gasteiger partial charge is 0.126 e. The largest absolute Gasteiger partial charge is 0.378 e. The molecular weight excluding hydrogens is 319 g/mol. The maximum Gasteiger partial charge on any atom is 0.126 e. The Labute approximate surface area is 126 Å². The van der Waals surface area contributed by atoms with Crippen LogP contribution < -0.4 is 5.32 Å². The van der Waals surface area contributed by atoms with Gasteiger partial charge in [-0.15, -0.1) is 0 Å². The summed E-state index contributed by atoms with van der Waals surface area (Å²) in [6.07, 6.45) is 0. The minimum absolute atomic E-state index is 0.0330. The minimum atomic E-state index is -0.199. The van der Waals surface area contributed by atoms with E-state index in [0.29, 0.717) is 11.1 Å². The van der Waals surface area contributed by atoms with Crippen molar-refractivity contribution in [1.82, 2.24) is 0 Å². The molecule has 0 aromatic heterocycles. The van der Waals surface area contributed by atoms with Gasteiger partial charge in [-0.25, -0.2) is 4.39 Å². The van der Waals surface area contributed by atoms with Crippen molar-refractivity contribution < 1.29 is 4.39 Å². The highest BCUT2D eigenvalue weighted by Gasteiger charge is 2.09. The molecule has 2 aromatic carbocycles. The summed E-state index contributed by atoms with van der Waals surface area (Å²) in [6, 6.07) is 12.6. The Balaban J connectivity index is 2.21. The molecule has 0 saturated carbocycles. The number of hydrogen-bond acceptors (Lipinski definition) is 2. The molecule has 0 radical (unpaired) electrons. The summed E-state index contributed by atoms with van der Waals surface area (Å²) in [7, 11) is 0. The van der Waals surface area contributed by atoms with Crippen LogP contribution in [0.25, 0.3) is 0 Å². The Morgan fingerprint density at radius 2 is 2.00 bits per heavy atom. The SMILES string of the molecule is Cc1ccc(C(C)Nc2ccc(C#N)cc2Br)cc1F. The van der Waals surface area contributed by atoms with Crippen molar-refractivity contribution >= 4 is 21.6 Å². The minimum Gasteiger partial charge on any atom is -0.378 e. The first kappa shape index (κ1) is 14.5. The molecule has 4 heteroatoms. The molecule has 102 valence electrons. The molecule has 0 aliphatic heterocycles. The Kier molecular flexibility index (Phi) is 4.41. The van der Waals surface area contributed by atoms with E-state index in [9.17, 15) is 4.39 Å². The fraction of sp³-hybridized carbons (Fsp3) is 0.188. The molecule has 0 fully saturated rings. The van der Waals surface area contributed by atoms with Crippen LogP contribution in [0.2, 0.25) is 0 Å². The van der Waals surface area contributed by atoms with E-state index in [4.69, 9.17) is 5.26 Å². The molecule has 0 aliphatic carbocycles. The topological polar surface area (TPSA) is 35.8 Å². The molecule has 2 aromatic rings. The van der Waals surface area contributed by atoms with Crippen LogP contribution in [0.15, 0.2) is 40.9 Å². The molecule has 1 atom stereocenters. The molecule has 2 nitrogen and oxygen atoms in total. The van der Waals surface area contributed by atoms with Crippen LogP contribution >= 0.6 is 15.9 Å². The highest BCUT2D eigenvalue weighted by Crippen LogP contribution is 2.28. The molecule has 0 heterocycles. The maximum atomic E-state index is 13.6. The summed E-state index contributed by atoms with van der Waals surface area (Å²) in [6.45, 7) is 3.71. The first-order chi connectivity index (χ1) is 9.51. The van der Waals surface area contributed by atoms with Gasteiger partial charge in [0.15, 0.2) is 0 Å². The number of benzene rings is 2. The second kappa shape index (κ2) is 6.06. The highest BCUT2D eigenvalue weighted by molar-refractivity contribution is 9.10. The lowest BCUT2D eigenvalue weighted by atomic mass is 10.1. The van der Waals surface area contributed by atoms with Crippen LogP contribution in [-0.4, -0.2) is 0 Å². The summed E-state index contributed by atoms with van der Waals surface area (Å²) in [5.41, 5.74) is 2.99. The van der Waals surface area contributed by atoms with Crippen LogP contribution in [0.5, 0.6) is 0 Å². The van der Waals surface area contributed by atoms with Gasteiger partial charge in [-0.05, 0) is 65.2 Å². The normalized spacial score (nSPS) is 11.8. The number of halogens is 2. The van der Waals surface area contributed by atoms with Crippen LogP contribution in [0.4, 0.5) is 10.1 Å². The van der Waals surface area contributed by atoms with E-state index in [1.165, 1.54) is 0 Å². The zero-order valence-electron chi connectivity index (χ0n) is 11.2. The summed E-state index contributed by atoms with van der Waals surface area (Å²) < 4.78 is 14.4. The predicted molar refractivity (Wildman–Crippen MR) is 82.0 cm³/mol. The third kappa shape index (κ3) is 3.17. The molecule has 1 unspecified atom stereocenters. The van der Waals surface area contributed by atoms with Crippen molar-refractivity contribution in [2.75, 3.05) is 5.32 Å². The highest BCUT2D eigenvalue weighted by atomic mass is 79.9. The summed E-state index contributed by atoms with van der Waals surface area (Å²) >= 11 is 3.43. The lowest BCUT2D eigenvalue weighted by Gasteiger charge is -2.17. The van der Waals surface area contributed by atoms with Crippen LogP contribution in [-0.2, 0) is 0 Å². The quantitative estimate of drug-likeness (QED) is 0.863. The van der Waals surface area contributed by atoms with Crippen molar-refractivity contribution in [3.05, 3.63) is 63.4 Å². The fourth-order valence-electron chi connectivity index (χ4n) is 1.90. The zero-order valence-corrected chi connectivity index (χ0v) is 12.8. The number of aryl methyl sites for hydroxylation is 1. The van der Waals surface area contributed by atoms with Gasteiger partial charge in [-0.1, -0.05) is 12.1 Å². The second-order valence-electron chi connectivity index (χ2n) is 4.68. The Hall–Kier alpha value is -1.86. The molecule has 0 spiro atoms. The van der Waals surface area contributed by atoms with Crippen molar-refractivity contribution in [2.24, 2.45) is 0 Å². The van der Waals surface area contributed by atoms with Crippen molar-refractivity contribution in [3.8, 4) is 6.07 Å². The summed E-state index contributed by atoms with van der Waals surface area (Å²) in [5, 5.41) is 12.1. The van der Waals surface area contributed by atoms with Crippen molar-refractivity contribution in [1.29, 1.82) is 5.26 Å². The van der Waals surface area contributed by atoms with E-state index in [1.54, 1.807) is 31.2 Å². The molecule has 2 rings (SSSR count). The monoisotopic (exact) mass is 332 g/mol. The number of rotatable bonds is 3. The Morgan fingerprint density at radius 1 is 1.25 bits per heavy atom. The predicted octanol–water partition coefficient (Wildman–Crippen LogP) is 4.94. The zero-order chi connectivity index (χ0) is 14.7. The molecule has 0 bridgehead atoms. The lowest BCUT2D eigenvalue weighted by Crippen LogP contribution is -2.07. The third-order valence-electron chi connectivity index (χ3n) is 3.17. The number of hydrogen-bond donors (Lipinski definition) is 1. The molecule has 0 aliphatic rings. The van der Waals surface area contributed by atoms with E-state index in [2.05, 4.69) is 27.3 Å². The van der Waals surface area contributed by atoms with Gasteiger partial charge in [0.05, 0.1) is 11.6 Å². The lowest BCUT2D eigenvalue weighted by molar-refractivity contribution is 0.614. The van der Waals surface area contributed by atoms with E-state index in [0.717, 1.165) is 15.7 Å². The van der Waals surface area contributed by atoms with Crippen LogP contribution in [0.1, 0.15) is 29.7 Å². The molecule has 0 saturated heterocycles. The summed E-state index contributed by atoms with van der Waals surface area (Å²) in [5.74, 6) is -0.199. The van der Waals surface area contributed by atoms with Crippen molar-refractivity contribution in [2.45, 2.75) is 19.9 Å². The van der Waals surface area contributed by atoms with Gasteiger partial charge < -0.3 is 5.32 Å². The van der Waals surface area contributed by atoms with Gasteiger partial charge in [-0.2, -0.15) is 5.26 Å². The van der Waals surface area contributed by atoms with Gasteiger partial charge in [0.1, 0.15) is 5.82 Å². The van der Waals surface area contributed by atoms with Gasteiger partial charge in [0.2, 0.25) is 0 Å². The molecular formula is C16H14BrFN2. The van der Waals surface area contributed by atoms with Crippen LogP contribution in [0, 0.1) is 24.1 Å². The van der Waals surface area contributed by atoms with Crippen LogP contribution in [0.3, 0.4) is 0 Å². The molecule has 0 amide bonds. The van der Waals surface area contributed by atoms with E-state index in [1.807, 2.05) is 19.1 Å². The second-order valence-corrected chi connectivity index (χ2v) is 5.54. The number of nitrogens with one attached hydrogen (secondary N) is 1. The first-order valence-corrected chi connectivity index (χ1v) is 7.03. The summed E-state index contributed by atoms with van der Waals surface area (Å²) in [4.78, 5) is 0. The maximum absolute atomic E-state index is 13.6. The first-order valence-electron chi connectivity index (χ1n) is 6.23. The van der Waals surface area contributed by atoms with Gasteiger partial charge in [0.25, 0.3) is 0 Å². The van der Waals surface area contributed by atoms with Gasteiger partial charge in [-0.3, -0.25) is 0 Å². The average Bonchev–Trinajstić information content (AvgIpc) is 2.43. The molecule has 1 N–H and O–H groups in total. The Bertz CT molecular complexity index is 677. The number of nitriles is 1. The average molecular weight is 333 g/mol. The van der Waals surface area contributed by atoms with Gasteiger partial charge in [0, 0.05) is 16.2 Å². The fourth-order valence-corrected chi connectivity index (χ4v) is 2.39. The molecule has 20 heavy (non-hydrogen) atoms. The number of anilines is 1. The third-order valence-corrected chi connectivity index (χ3v) is 3.82. The van der Waals surface area contributed by atoms with Gasteiger partial charge >= 0.3 is 0 Å². The van der Waals surface area contributed by atoms with E-state index >= 15 is 0 Å². The Morgan fingerprint density at radius 3 is 2.60 bits per heavy atom. The van der Waals surface area contributed by atoms with E-state index < -0.39 is 0 Å².